The third-order valence-electron chi connectivity index (χ3n) is 2.81. The van der Waals surface area contributed by atoms with Crippen LogP contribution in [0.3, 0.4) is 0 Å². The molecule has 3 nitrogen and oxygen atoms in total. The second-order valence-corrected chi connectivity index (χ2v) is 4.84. The minimum atomic E-state index is -0.421. The van der Waals surface area contributed by atoms with Crippen LogP contribution >= 0.6 is 15.9 Å². The lowest BCUT2D eigenvalue weighted by Crippen LogP contribution is -2.36. The average Bonchev–Trinajstić information content (AvgIpc) is 2.30. The maximum atomic E-state index is 9.49. The highest BCUT2D eigenvalue weighted by Gasteiger charge is 2.14. The first-order chi connectivity index (χ1) is 7.68. The number of morpholine rings is 1. The molecule has 0 amide bonds. The van der Waals surface area contributed by atoms with Crippen molar-refractivity contribution < 1.29 is 9.84 Å². The van der Waals surface area contributed by atoms with Crippen molar-refractivity contribution in [2.45, 2.75) is 13.0 Å². The SMILES string of the molecule is C[C@@H](O)c1ccc(N2CCOCC2)c(Br)c1. The van der Waals surface area contributed by atoms with Crippen LogP contribution in [0.25, 0.3) is 0 Å². The number of nitrogens with zero attached hydrogens (tertiary/aromatic N) is 1. The fourth-order valence-electron chi connectivity index (χ4n) is 1.84. The summed E-state index contributed by atoms with van der Waals surface area (Å²) in [5, 5.41) is 9.49. The second kappa shape index (κ2) is 5.17. The Morgan fingerprint density at radius 2 is 2.06 bits per heavy atom. The van der Waals surface area contributed by atoms with E-state index in [1.54, 1.807) is 6.92 Å². The molecule has 1 N–H and O–H groups in total. The van der Waals surface area contributed by atoms with Crippen molar-refractivity contribution in [1.82, 2.24) is 0 Å². The van der Waals surface area contributed by atoms with Crippen molar-refractivity contribution in [3.05, 3.63) is 28.2 Å². The highest BCUT2D eigenvalue weighted by molar-refractivity contribution is 9.10. The summed E-state index contributed by atoms with van der Waals surface area (Å²) in [5.41, 5.74) is 2.11. The van der Waals surface area contributed by atoms with E-state index >= 15 is 0 Å². The molecular weight excluding hydrogens is 270 g/mol. The third kappa shape index (κ3) is 2.56. The van der Waals surface area contributed by atoms with Gasteiger partial charge >= 0.3 is 0 Å². The van der Waals surface area contributed by atoms with Crippen LogP contribution in [0.15, 0.2) is 22.7 Å². The van der Waals surface area contributed by atoms with Crippen molar-refractivity contribution >= 4 is 21.6 Å². The van der Waals surface area contributed by atoms with E-state index in [4.69, 9.17) is 4.74 Å². The van der Waals surface area contributed by atoms with Gasteiger partial charge in [-0.05, 0) is 40.5 Å². The number of ether oxygens (including phenoxy) is 1. The van der Waals surface area contributed by atoms with Crippen molar-refractivity contribution in [3.63, 3.8) is 0 Å². The molecule has 0 bridgehead atoms. The van der Waals surface area contributed by atoms with Crippen LogP contribution in [0, 0.1) is 0 Å². The van der Waals surface area contributed by atoms with Crippen LogP contribution in [-0.4, -0.2) is 31.4 Å². The summed E-state index contributed by atoms with van der Waals surface area (Å²) in [7, 11) is 0. The van der Waals surface area contributed by atoms with Crippen molar-refractivity contribution in [3.8, 4) is 0 Å². The van der Waals surface area contributed by atoms with Gasteiger partial charge in [-0.1, -0.05) is 6.07 Å². The molecule has 1 aliphatic heterocycles. The molecule has 1 aromatic rings. The van der Waals surface area contributed by atoms with E-state index in [1.165, 1.54) is 5.69 Å². The fraction of sp³-hybridized carbons (Fsp3) is 0.500. The van der Waals surface area contributed by atoms with Crippen LogP contribution < -0.4 is 4.90 Å². The molecule has 0 radical (unpaired) electrons. The first-order valence-electron chi connectivity index (χ1n) is 5.48. The number of rotatable bonds is 2. The first kappa shape index (κ1) is 11.9. The molecule has 1 fully saturated rings. The molecule has 88 valence electrons. The summed E-state index contributed by atoms with van der Waals surface area (Å²) < 4.78 is 6.36. The minimum absolute atomic E-state index is 0.421. The third-order valence-corrected chi connectivity index (χ3v) is 3.44. The lowest BCUT2D eigenvalue weighted by Gasteiger charge is -2.30. The smallest absolute Gasteiger partial charge is 0.0762 e. The quantitative estimate of drug-likeness (QED) is 0.905. The van der Waals surface area contributed by atoms with E-state index in [0.717, 1.165) is 36.3 Å². The summed E-state index contributed by atoms with van der Waals surface area (Å²) in [6.45, 7) is 5.19. The Bertz CT molecular complexity index is 362. The van der Waals surface area contributed by atoms with E-state index in [9.17, 15) is 5.11 Å². The molecule has 16 heavy (non-hydrogen) atoms. The van der Waals surface area contributed by atoms with Crippen LogP contribution in [0.1, 0.15) is 18.6 Å². The zero-order chi connectivity index (χ0) is 11.5. The van der Waals surface area contributed by atoms with Gasteiger partial charge in [-0.2, -0.15) is 0 Å². The Balaban J connectivity index is 2.21. The Kier molecular flexibility index (Phi) is 3.84. The highest BCUT2D eigenvalue weighted by atomic mass is 79.9. The van der Waals surface area contributed by atoms with Crippen LogP contribution in [0.2, 0.25) is 0 Å². The lowest BCUT2D eigenvalue weighted by molar-refractivity contribution is 0.122. The van der Waals surface area contributed by atoms with Gasteiger partial charge in [-0.3, -0.25) is 0 Å². The summed E-state index contributed by atoms with van der Waals surface area (Å²) >= 11 is 3.56. The number of hydrogen-bond donors (Lipinski definition) is 1. The Labute approximate surface area is 104 Å². The van der Waals surface area contributed by atoms with E-state index in [1.807, 2.05) is 12.1 Å². The predicted octanol–water partition coefficient (Wildman–Crippen LogP) is 2.34. The summed E-state index contributed by atoms with van der Waals surface area (Å²) in [5.74, 6) is 0. The van der Waals surface area contributed by atoms with E-state index in [2.05, 4.69) is 26.9 Å². The molecule has 1 heterocycles. The Morgan fingerprint density at radius 3 is 2.62 bits per heavy atom. The molecule has 0 unspecified atom stereocenters. The lowest BCUT2D eigenvalue weighted by atomic mass is 10.1. The van der Waals surface area contributed by atoms with Gasteiger partial charge in [0.15, 0.2) is 0 Å². The average molecular weight is 286 g/mol. The zero-order valence-corrected chi connectivity index (χ0v) is 10.9. The van der Waals surface area contributed by atoms with Gasteiger partial charge in [0.25, 0.3) is 0 Å². The predicted molar refractivity (Wildman–Crippen MR) is 67.8 cm³/mol. The Morgan fingerprint density at radius 1 is 1.38 bits per heavy atom. The molecule has 1 aromatic carbocycles. The molecule has 1 atom stereocenters. The number of benzene rings is 1. The molecule has 2 rings (SSSR count). The fourth-order valence-corrected chi connectivity index (χ4v) is 2.49. The highest BCUT2D eigenvalue weighted by Crippen LogP contribution is 2.29. The van der Waals surface area contributed by atoms with Gasteiger partial charge in [-0.15, -0.1) is 0 Å². The largest absolute Gasteiger partial charge is 0.389 e. The van der Waals surface area contributed by atoms with Crippen molar-refractivity contribution in [2.75, 3.05) is 31.2 Å². The molecule has 0 aromatic heterocycles. The topological polar surface area (TPSA) is 32.7 Å². The molecule has 1 aliphatic rings. The molecule has 1 saturated heterocycles. The van der Waals surface area contributed by atoms with Crippen molar-refractivity contribution in [1.29, 1.82) is 0 Å². The number of aliphatic hydroxyl groups is 1. The first-order valence-corrected chi connectivity index (χ1v) is 6.28. The van der Waals surface area contributed by atoms with Gasteiger partial charge < -0.3 is 14.7 Å². The normalized spacial score (nSPS) is 18.6. The molecule has 4 heteroatoms. The van der Waals surface area contributed by atoms with E-state index < -0.39 is 6.10 Å². The van der Waals surface area contributed by atoms with Gasteiger partial charge in [-0.25, -0.2) is 0 Å². The van der Waals surface area contributed by atoms with Crippen molar-refractivity contribution in [2.24, 2.45) is 0 Å². The monoisotopic (exact) mass is 285 g/mol. The molecule has 0 aliphatic carbocycles. The van der Waals surface area contributed by atoms with Gasteiger partial charge in [0.05, 0.1) is 25.0 Å². The number of halogens is 1. The minimum Gasteiger partial charge on any atom is -0.389 e. The van der Waals surface area contributed by atoms with Crippen LogP contribution in [0.4, 0.5) is 5.69 Å². The maximum Gasteiger partial charge on any atom is 0.0762 e. The zero-order valence-electron chi connectivity index (χ0n) is 9.32. The number of hydrogen-bond acceptors (Lipinski definition) is 3. The summed E-state index contributed by atoms with van der Waals surface area (Å²) in [6, 6.07) is 6.01. The standard InChI is InChI=1S/C12H16BrNO2/c1-9(15)10-2-3-12(11(13)8-10)14-4-6-16-7-5-14/h2-3,8-9,15H,4-7H2,1H3/t9-/m1/s1. The molecule has 0 spiro atoms. The van der Waals surface area contributed by atoms with Gasteiger partial charge in [0.2, 0.25) is 0 Å². The second-order valence-electron chi connectivity index (χ2n) is 3.99. The number of anilines is 1. The molecule has 0 saturated carbocycles. The van der Waals surface area contributed by atoms with E-state index in [0.29, 0.717) is 0 Å². The van der Waals surface area contributed by atoms with Gasteiger partial charge in [0, 0.05) is 17.6 Å². The van der Waals surface area contributed by atoms with Crippen LogP contribution in [0.5, 0.6) is 0 Å². The number of aliphatic hydroxyl groups excluding tert-OH is 1. The summed E-state index contributed by atoms with van der Waals surface area (Å²) in [6.07, 6.45) is -0.421. The van der Waals surface area contributed by atoms with E-state index in [-0.39, 0.29) is 0 Å². The maximum absolute atomic E-state index is 9.49. The summed E-state index contributed by atoms with van der Waals surface area (Å²) in [4.78, 5) is 2.29. The van der Waals surface area contributed by atoms with Crippen LogP contribution in [-0.2, 0) is 4.74 Å². The Hall–Kier alpha value is -0.580. The van der Waals surface area contributed by atoms with Gasteiger partial charge in [0.1, 0.15) is 0 Å². The molecular formula is C12H16BrNO2.